The molecule has 2 aromatic carbocycles. The standard InChI is InChI=1S/C18H17N3O4S.H2O/c1-11-3-2-4-13(7-11)25-16-6-5-12(8-15(16)21-24)14-9-17(20-19-14)26-10-18(22)23;/h2-8,21,24H,9-10H2,1H3,(H,22,23);1H2/p+1. The van der Waals surface area contributed by atoms with Gasteiger partial charge in [-0.1, -0.05) is 23.9 Å². The van der Waals surface area contributed by atoms with E-state index in [2.05, 4.69) is 10.2 Å². The van der Waals surface area contributed by atoms with Gasteiger partial charge in [-0.05, 0) is 36.8 Å². The molecule has 0 radical (unpaired) electrons. The van der Waals surface area contributed by atoms with Crippen LogP contribution in [0.1, 0.15) is 17.5 Å². The highest BCUT2D eigenvalue weighted by atomic mass is 32.2. The van der Waals surface area contributed by atoms with E-state index < -0.39 is 5.97 Å². The van der Waals surface area contributed by atoms with Crippen LogP contribution in [0.3, 0.4) is 0 Å². The molecule has 6 N–H and O–H groups in total. The number of hydrogen-bond donors (Lipinski definition) is 3. The van der Waals surface area contributed by atoms with Crippen LogP contribution in [0.25, 0.3) is 0 Å². The highest BCUT2D eigenvalue weighted by Gasteiger charge is 2.19. The van der Waals surface area contributed by atoms with Crippen LogP contribution in [0.4, 0.5) is 5.69 Å². The van der Waals surface area contributed by atoms with Crippen LogP contribution in [0.15, 0.2) is 52.7 Å². The van der Waals surface area contributed by atoms with Crippen LogP contribution in [0.5, 0.6) is 11.5 Å². The summed E-state index contributed by atoms with van der Waals surface area (Å²) >= 11 is 1.16. The molecule has 0 spiro atoms. The Morgan fingerprint density at radius 1 is 1.26 bits per heavy atom. The number of hydrogen-bond acceptors (Lipinski definition) is 6. The van der Waals surface area contributed by atoms with Gasteiger partial charge in [0.2, 0.25) is 5.69 Å². The monoisotopic (exact) mass is 390 g/mol. The van der Waals surface area contributed by atoms with Crippen LogP contribution in [0.2, 0.25) is 0 Å². The summed E-state index contributed by atoms with van der Waals surface area (Å²) in [6, 6.07) is 13.0. The van der Waals surface area contributed by atoms with Crippen molar-refractivity contribution in [2.24, 2.45) is 10.2 Å². The van der Waals surface area contributed by atoms with Gasteiger partial charge in [-0.15, -0.1) is 5.10 Å². The second kappa shape index (κ2) is 9.28. The number of carboxylic acids is 1. The molecule has 1 heterocycles. The van der Waals surface area contributed by atoms with E-state index in [4.69, 9.17) is 9.84 Å². The SMILES string of the molecule is Cc1cccc(Oc2ccc(C3=NN=C(SCC(=O)O)C3)cc2[NH2+]O)c1.O. The number of nitrogens with two attached hydrogens (primary N) is 1. The predicted octanol–water partition coefficient (Wildman–Crippen LogP) is 1.87. The Morgan fingerprint density at radius 2 is 2.07 bits per heavy atom. The van der Waals surface area contributed by atoms with Crippen LogP contribution in [-0.4, -0.2) is 38.3 Å². The van der Waals surface area contributed by atoms with Gasteiger partial charge in [-0.2, -0.15) is 10.6 Å². The Labute approximate surface area is 159 Å². The van der Waals surface area contributed by atoms with Crippen LogP contribution in [0, 0.1) is 6.92 Å². The number of aryl methyl sites for hydroxylation is 1. The van der Waals surface area contributed by atoms with E-state index in [0.29, 0.717) is 28.7 Å². The third-order valence-corrected chi connectivity index (χ3v) is 4.61. The molecule has 1 aliphatic heterocycles. The number of aliphatic carboxylic acids is 1. The van der Waals surface area contributed by atoms with Crippen molar-refractivity contribution in [2.45, 2.75) is 13.3 Å². The maximum atomic E-state index is 10.6. The second-order valence-corrected chi connectivity index (χ2v) is 6.75. The largest absolute Gasteiger partial charge is 0.481 e. The third kappa shape index (κ3) is 5.38. The number of benzene rings is 2. The summed E-state index contributed by atoms with van der Waals surface area (Å²) in [5.74, 6) is 0.290. The molecule has 0 saturated heterocycles. The first-order chi connectivity index (χ1) is 12.5. The molecule has 0 atom stereocenters. The fourth-order valence-electron chi connectivity index (χ4n) is 2.44. The van der Waals surface area contributed by atoms with Gasteiger partial charge in [0.1, 0.15) is 10.8 Å². The summed E-state index contributed by atoms with van der Waals surface area (Å²) in [5.41, 5.74) is 4.13. The van der Waals surface area contributed by atoms with Gasteiger partial charge in [-0.25, -0.2) is 5.21 Å². The number of quaternary nitrogens is 1. The van der Waals surface area contributed by atoms with E-state index in [-0.39, 0.29) is 11.2 Å². The summed E-state index contributed by atoms with van der Waals surface area (Å²) in [7, 11) is 0. The van der Waals surface area contributed by atoms with Crippen molar-refractivity contribution >= 4 is 34.2 Å². The van der Waals surface area contributed by atoms with Crippen LogP contribution in [-0.2, 0) is 4.79 Å². The van der Waals surface area contributed by atoms with Crippen molar-refractivity contribution in [1.29, 1.82) is 0 Å². The highest BCUT2D eigenvalue weighted by Crippen LogP contribution is 2.29. The lowest BCUT2D eigenvalue weighted by Gasteiger charge is -2.09. The van der Waals surface area contributed by atoms with E-state index in [1.54, 1.807) is 12.1 Å². The quantitative estimate of drug-likeness (QED) is 0.510. The number of carboxylic acid groups (broad SMARTS) is 1. The number of nitrogens with zero attached hydrogens (tertiary/aromatic N) is 2. The summed E-state index contributed by atoms with van der Waals surface area (Å²) in [5, 5.41) is 27.1. The van der Waals surface area contributed by atoms with Crippen LogP contribution >= 0.6 is 11.8 Å². The molecule has 8 nitrogen and oxygen atoms in total. The van der Waals surface area contributed by atoms with Crippen LogP contribution < -0.4 is 10.2 Å². The molecule has 0 unspecified atom stereocenters. The first-order valence-corrected chi connectivity index (χ1v) is 8.88. The van der Waals surface area contributed by atoms with Crippen molar-refractivity contribution in [1.82, 2.24) is 0 Å². The minimum atomic E-state index is -0.888. The smallest absolute Gasteiger partial charge is 0.313 e. The van der Waals surface area contributed by atoms with E-state index in [0.717, 1.165) is 34.1 Å². The number of ether oxygens (including phenoxy) is 1. The zero-order chi connectivity index (χ0) is 18.5. The molecule has 0 amide bonds. The molecule has 2 aromatic rings. The van der Waals surface area contributed by atoms with Crippen molar-refractivity contribution in [2.75, 3.05) is 5.75 Å². The molecule has 9 heteroatoms. The fraction of sp³-hybridized carbons (Fsp3) is 0.167. The lowest BCUT2D eigenvalue weighted by atomic mass is 10.1. The molecule has 3 rings (SSSR count). The molecule has 0 aliphatic carbocycles. The summed E-state index contributed by atoms with van der Waals surface area (Å²) < 4.78 is 5.86. The normalized spacial score (nSPS) is 12.8. The molecule has 0 saturated carbocycles. The number of carbonyl (C=O) groups is 1. The first kappa shape index (κ1) is 20.6. The Kier molecular flexibility index (Phi) is 7.08. The van der Waals surface area contributed by atoms with Crippen molar-refractivity contribution in [3.63, 3.8) is 0 Å². The lowest BCUT2D eigenvalue weighted by molar-refractivity contribution is -0.825. The maximum absolute atomic E-state index is 10.6. The van der Waals surface area contributed by atoms with E-state index in [9.17, 15) is 10.0 Å². The second-order valence-electron chi connectivity index (χ2n) is 5.70. The lowest BCUT2D eigenvalue weighted by Crippen LogP contribution is -2.73. The topological polar surface area (TPSA) is 140 Å². The molecule has 1 aliphatic rings. The van der Waals surface area contributed by atoms with Crippen molar-refractivity contribution < 1.29 is 30.8 Å². The van der Waals surface area contributed by atoms with Gasteiger partial charge in [0, 0.05) is 18.1 Å². The van der Waals surface area contributed by atoms with E-state index in [1.165, 1.54) is 0 Å². The summed E-state index contributed by atoms with van der Waals surface area (Å²) in [6.45, 7) is 1.98. The fourth-order valence-corrected chi connectivity index (χ4v) is 3.07. The number of thioether (sulfide) groups is 1. The highest BCUT2D eigenvalue weighted by molar-refractivity contribution is 8.14. The van der Waals surface area contributed by atoms with Gasteiger partial charge in [-0.3, -0.25) is 4.79 Å². The molecule has 0 aromatic heterocycles. The predicted molar refractivity (Wildman–Crippen MR) is 103 cm³/mol. The Hall–Kier alpha value is -2.72. The van der Waals surface area contributed by atoms with Gasteiger partial charge < -0.3 is 15.3 Å². The van der Waals surface area contributed by atoms with E-state index >= 15 is 0 Å². The number of rotatable bonds is 6. The molecular formula is C18H20N3O5S+. The zero-order valence-corrected chi connectivity index (χ0v) is 15.4. The molecule has 0 fully saturated rings. The average Bonchev–Trinajstić information content (AvgIpc) is 3.09. The minimum absolute atomic E-state index is 0. The van der Waals surface area contributed by atoms with Crippen molar-refractivity contribution in [3.05, 3.63) is 53.6 Å². The Morgan fingerprint density at radius 3 is 2.78 bits per heavy atom. The molecule has 0 bridgehead atoms. The van der Waals surface area contributed by atoms with Gasteiger partial charge >= 0.3 is 5.97 Å². The Bertz CT molecular complexity index is 898. The van der Waals surface area contributed by atoms with Crippen molar-refractivity contribution in [3.8, 4) is 11.5 Å². The minimum Gasteiger partial charge on any atom is -0.481 e. The maximum Gasteiger partial charge on any atom is 0.313 e. The molecule has 27 heavy (non-hydrogen) atoms. The van der Waals surface area contributed by atoms with Gasteiger partial charge in [0.15, 0.2) is 5.75 Å². The Balaban J connectivity index is 0.00000261. The zero-order valence-electron chi connectivity index (χ0n) is 14.5. The summed E-state index contributed by atoms with van der Waals surface area (Å²) in [4.78, 5) is 10.6. The molecule has 142 valence electrons. The average molecular weight is 390 g/mol. The van der Waals surface area contributed by atoms with E-state index in [1.807, 2.05) is 37.3 Å². The summed E-state index contributed by atoms with van der Waals surface area (Å²) in [6.07, 6.45) is 0.473. The third-order valence-electron chi connectivity index (χ3n) is 3.66. The van der Waals surface area contributed by atoms with Gasteiger partial charge in [0.05, 0.1) is 11.5 Å². The molecular weight excluding hydrogens is 370 g/mol. The first-order valence-electron chi connectivity index (χ1n) is 7.89. The van der Waals surface area contributed by atoms with Gasteiger partial charge in [0.25, 0.3) is 0 Å².